The summed E-state index contributed by atoms with van der Waals surface area (Å²) in [5, 5.41) is 21.3. The highest BCUT2D eigenvalue weighted by Crippen LogP contribution is 2.45. The van der Waals surface area contributed by atoms with Gasteiger partial charge in [0.2, 0.25) is 11.8 Å². The number of nitrogens with one attached hydrogen (secondary N) is 2. The normalized spacial score (nSPS) is 23.8. The van der Waals surface area contributed by atoms with Crippen molar-refractivity contribution in [3.05, 3.63) is 108 Å². The molecule has 12 nitrogen and oxygen atoms in total. The molecule has 4 aliphatic rings. The van der Waals surface area contributed by atoms with Gasteiger partial charge >= 0.3 is 12.4 Å². The van der Waals surface area contributed by atoms with Gasteiger partial charge in [-0.1, -0.05) is 72.8 Å². The summed E-state index contributed by atoms with van der Waals surface area (Å²) in [4.78, 5) is 23.9. The van der Waals surface area contributed by atoms with Crippen LogP contribution in [0.25, 0.3) is 22.3 Å². The van der Waals surface area contributed by atoms with Crippen molar-refractivity contribution in [3.8, 4) is 34.4 Å². The van der Waals surface area contributed by atoms with Crippen LogP contribution < -0.4 is 10.6 Å². The summed E-state index contributed by atoms with van der Waals surface area (Å²) in [6.07, 6.45) is -9.95. The molecule has 8 rings (SSSR count). The van der Waals surface area contributed by atoms with Crippen molar-refractivity contribution in [1.82, 2.24) is 10.6 Å². The molecule has 0 bridgehead atoms. The van der Waals surface area contributed by atoms with Crippen LogP contribution in [-0.4, -0.2) is 76.7 Å². The lowest BCUT2D eigenvalue weighted by Crippen LogP contribution is -2.42. The third-order valence-corrected chi connectivity index (χ3v) is 17.6. The smallest absolute Gasteiger partial charge is 0.381 e. The van der Waals surface area contributed by atoms with Crippen LogP contribution in [0.15, 0.2) is 107 Å². The van der Waals surface area contributed by atoms with Crippen LogP contribution >= 0.6 is 0 Å². The summed E-state index contributed by atoms with van der Waals surface area (Å²) in [6, 6.07) is 27.2. The molecule has 4 aliphatic carbocycles. The Bertz CT molecular complexity index is 2670. The number of carbonyl (C=O) groups is 2. The van der Waals surface area contributed by atoms with E-state index in [1.54, 1.807) is 60.7 Å². The highest BCUT2D eigenvalue weighted by atomic mass is 32.2. The molecule has 0 unspecified atom stereocenters. The number of hydrogen-bond donors (Lipinski definition) is 2. The first kappa shape index (κ1) is 50.1. The molecule has 6 atom stereocenters. The molecule has 0 spiro atoms. The Morgan fingerprint density at radius 2 is 0.897 bits per heavy atom. The summed E-state index contributed by atoms with van der Waals surface area (Å²) in [5.41, 5.74) is -2.81. The summed E-state index contributed by atoms with van der Waals surface area (Å²) < 4.78 is 148. The van der Waals surface area contributed by atoms with Crippen LogP contribution in [0, 0.1) is 34.5 Å². The number of carbonyl (C=O) groups excluding carboxylic acids is 2. The first-order valence-corrected chi connectivity index (χ1v) is 24.6. The maximum Gasteiger partial charge on any atom is 0.417 e. The SMILES string of the molecule is CO[C@@H]1C[C@H](S(=O)(=O)c2ccc(-c3ccccc3)cc2C(F)(F)F)C[C@H]1C(=O)NC1(C#N)CC1.CO[C@H]1C[C@@H](S(=O)(=O)c2ccc(-c3ccccc3)cc2C(F)(F)F)C[C@@H]1C(=O)NC1(C#N)CC1. The quantitative estimate of drug-likeness (QED) is 0.131. The molecule has 360 valence electrons. The van der Waals surface area contributed by atoms with Gasteiger partial charge in [-0.25, -0.2) is 16.8 Å². The van der Waals surface area contributed by atoms with Crippen LogP contribution in [0.5, 0.6) is 0 Å². The number of ether oxygens (including phenoxy) is 2. The van der Waals surface area contributed by atoms with Gasteiger partial charge in [0, 0.05) is 14.2 Å². The van der Waals surface area contributed by atoms with Crippen LogP contribution in [0.4, 0.5) is 26.3 Å². The second-order valence-electron chi connectivity index (χ2n) is 17.6. The van der Waals surface area contributed by atoms with E-state index < -0.39 is 110 Å². The number of benzene rings is 4. The third kappa shape index (κ3) is 10.4. The molecule has 4 aromatic rings. The molecular weight excluding hydrogens is 939 g/mol. The average molecular weight is 985 g/mol. The van der Waals surface area contributed by atoms with Crippen molar-refractivity contribution >= 4 is 31.5 Å². The minimum atomic E-state index is -4.89. The molecule has 68 heavy (non-hydrogen) atoms. The Morgan fingerprint density at radius 1 is 0.559 bits per heavy atom. The van der Waals surface area contributed by atoms with Crippen LogP contribution in [0.3, 0.4) is 0 Å². The van der Waals surface area contributed by atoms with E-state index in [9.17, 15) is 63.3 Å². The molecule has 0 heterocycles. The zero-order valence-corrected chi connectivity index (χ0v) is 38.2. The second kappa shape index (κ2) is 18.9. The standard InChI is InChI=1S/2C24H23F3N2O4S/c2*1-33-20-13-17(12-18(20)22(30)29-23(14-28)9-10-23)34(31,32)21-8-7-16(11-19(21)24(25,26)27)15-5-3-2-4-6-15/h2*2-8,11,17-18,20H,9-10,12-13H2,1H3,(H,29,30)/t2*17-,18-,20-/m10/s1. The number of methoxy groups -OCH3 is 2. The first-order valence-electron chi connectivity index (χ1n) is 21.5. The lowest BCUT2D eigenvalue weighted by atomic mass is 10.0. The monoisotopic (exact) mass is 984 g/mol. The van der Waals surface area contributed by atoms with Crippen molar-refractivity contribution < 1.29 is 62.2 Å². The van der Waals surface area contributed by atoms with E-state index in [-0.39, 0.29) is 36.8 Å². The minimum Gasteiger partial charge on any atom is -0.381 e. The number of amides is 2. The van der Waals surface area contributed by atoms with Gasteiger partial charge in [-0.15, -0.1) is 0 Å². The summed E-state index contributed by atoms with van der Waals surface area (Å²) in [6.45, 7) is 0. The topological polar surface area (TPSA) is 193 Å². The fourth-order valence-electron chi connectivity index (χ4n) is 8.90. The molecule has 0 radical (unpaired) electrons. The van der Waals surface area contributed by atoms with E-state index in [4.69, 9.17) is 9.47 Å². The Kier molecular flexibility index (Phi) is 14.0. The van der Waals surface area contributed by atoms with Crippen LogP contribution in [-0.2, 0) is 51.1 Å². The highest BCUT2D eigenvalue weighted by molar-refractivity contribution is 7.92. The predicted octanol–water partition coefficient (Wildman–Crippen LogP) is 8.22. The zero-order valence-electron chi connectivity index (χ0n) is 36.6. The Balaban J connectivity index is 0.000000201. The average Bonchev–Trinajstić information content (AvgIpc) is 4.17. The van der Waals surface area contributed by atoms with Gasteiger partial charge in [0.05, 0.1) is 67.6 Å². The molecule has 0 aromatic heterocycles. The zero-order chi connectivity index (χ0) is 49.5. The van der Waals surface area contributed by atoms with Crippen molar-refractivity contribution in [2.45, 2.75) is 107 Å². The molecule has 2 amide bonds. The fourth-order valence-corrected chi connectivity index (χ4v) is 12.9. The van der Waals surface area contributed by atoms with Crippen molar-refractivity contribution in [1.29, 1.82) is 10.5 Å². The lowest BCUT2D eigenvalue weighted by molar-refractivity contribution is -0.140. The van der Waals surface area contributed by atoms with Gasteiger partial charge in [-0.2, -0.15) is 36.9 Å². The Labute approximate surface area is 389 Å². The molecule has 0 saturated heterocycles. The van der Waals surface area contributed by atoms with Crippen LogP contribution in [0.1, 0.15) is 62.5 Å². The first-order chi connectivity index (χ1) is 32.0. The molecule has 20 heteroatoms. The summed E-state index contributed by atoms with van der Waals surface area (Å²) in [7, 11) is -6.23. The third-order valence-electron chi connectivity index (χ3n) is 13.1. The van der Waals surface area contributed by atoms with Gasteiger partial charge in [-0.05, 0) is 97.9 Å². The summed E-state index contributed by atoms with van der Waals surface area (Å²) in [5.74, 6) is -2.79. The second-order valence-corrected chi connectivity index (χ2v) is 21.9. The van der Waals surface area contributed by atoms with E-state index in [2.05, 4.69) is 10.6 Å². The van der Waals surface area contributed by atoms with Gasteiger partial charge in [-0.3, -0.25) is 9.59 Å². The molecule has 0 aliphatic heterocycles. The number of nitriles is 2. The van der Waals surface area contributed by atoms with E-state index in [1.165, 1.54) is 26.4 Å². The van der Waals surface area contributed by atoms with Gasteiger partial charge < -0.3 is 20.1 Å². The number of nitrogens with zero attached hydrogens (tertiary/aromatic N) is 2. The Hall–Kier alpha value is -5.80. The molecule has 2 N–H and O–H groups in total. The number of sulfone groups is 2. The van der Waals surface area contributed by atoms with Crippen molar-refractivity contribution in [3.63, 3.8) is 0 Å². The van der Waals surface area contributed by atoms with Crippen LogP contribution in [0.2, 0.25) is 0 Å². The molecule has 4 fully saturated rings. The minimum absolute atomic E-state index is 0.117. The largest absolute Gasteiger partial charge is 0.417 e. The molecular formula is C48H46F6N4O8S2. The van der Waals surface area contributed by atoms with E-state index >= 15 is 0 Å². The van der Waals surface area contributed by atoms with Crippen molar-refractivity contribution in [2.75, 3.05) is 14.2 Å². The number of rotatable bonds is 12. The number of halogens is 6. The number of alkyl halides is 6. The molecule has 4 saturated carbocycles. The molecule has 4 aromatic carbocycles. The van der Waals surface area contributed by atoms with Crippen molar-refractivity contribution in [2.24, 2.45) is 11.8 Å². The summed E-state index contributed by atoms with van der Waals surface area (Å²) >= 11 is 0. The maximum absolute atomic E-state index is 14.0. The highest BCUT2D eigenvalue weighted by Gasteiger charge is 2.53. The van der Waals surface area contributed by atoms with Gasteiger partial charge in [0.1, 0.15) is 11.1 Å². The van der Waals surface area contributed by atoms with E-state index in [0.717, 1.165) is 24.3 Å². The fraction of sp³-hybridized carbons (Fsp3) is 0.417. The van der Waals surface area contributed by atoms with Gasteiger partial charge in [0.25, 0.3) is 0 Å². The maximum atomic E-state index is 14.0. The van der Waals surface area contributed by atoms with E-state index in [1.807, 2.05) is 12.1 Å². The van der Waals surface area contributed by atoms with E-state index in [0.29, 0.717) is 36.8 Å². The van der Waals surface area contributed by atoms with Gasteiger partial charge in [0.15, 0.2) is 19.7 Å². The lowest BCUT2D eigenvalue weighted by Gasteiger charge is -2.19. The number of hydrogen-bond acceptors (Lipinski definition) is 10. The predicted molar refractivity (Wildman–Crippen MR) is 234 cm³/mol. The Morgan fingerprint density at radius 3 is 1.18 bits per heavy atom.